The Balaban J connectivity index is 1.79. The number of carbonyl (C=O) groups is 1. The van der Waals surface area contributed by atoms with Crippen LogP contribution in [-0.4, -0.2) is 5.78 Å². The zero-order valence-corrected chi connectivity index (χ0v) is 16.8. The van der Waals surface area contributed by atoms with Gasteiger partial charge in [0.15, 0.2) is 5.78 Å². The summed E-state index contributed by atoms with van der Waals surface area (Å²) in [5, 5.41) is 6.81. The lowest BCUT2D eigenvalue weighted by molar-refractivity contribution is -0.118. The van der Waals surface area contributed by atoms with Crippen LogP contribution < -0.4 is 5.32 Å². The number of rotatable bonds is 1. The van der Waals surface area contributed by atoms with E-state index >= 15 is 0 Å². The fraction of sp³-hybridized carbons (Fsp3) is 0.240. The van der Waals surface area contributed by atoms with E-state index in [9.17, 15) is 4.79 Å². The van der Waals surface area contributed by atoms with Crippen molar-refractivity contribution in [2.75, 3.05) is 5.32 Å². The summed E-state index contributed by atoms with van der Waals surface area (Å²) in [6.07, 6.45) is 1.49. The number of Topliss-reactive ketones (excluding diaryl/α,β-unsaturated/α-hetero) is 1. The van der Waals surface area contributed by atoms with Crippen molar-refractivity contribution in [3.63, 3.8) is 0 Å². The maximum atomic E-state index is 13.2. The van der Waals surface area contributed by atoms with Gasteiger partial charge in [0.2, 0.25) is 0 Å². The van der Waals surface area contributed by atoms with Crippen molar-refractivity contribution in [2.45, 2.75) is 32.7 Å². The molecule has 0 amide bonds. The van der Waals surface area contributed by atoms with Crippen LogP contribution in [-0.2, 0) is 4.79 Å². The van der Waals surface area contributed by atoms with Crippen LogP contribution in [0.4, 0.5) is 5.69 Å². The van der Waals surface area contributed by atoms with Crippen molar-refractivity contribution in [2.24, 2.45) is 5.41 Å². The molecule has 0 fully saturated rings. The SMILES string of the molecule is CC1(C)CC(=O)C2=C(C1)c1ccc3ccccc3c1NC2c1ccc(Cl)cc1. The van der Waals surface area contributed by atoms with E-state index in [1.807, 2.05) is 24.3 Å². The third kappa shape index (κ3) is 2.75. The molecule has 140 valence electrons. The molecule has 0 radical (unpaired) electrons. The third-order valence-electron chi connectivity index (χ3n) is 5.95. The molecule has 3 aromatic carbocycles. The van der Waals surface area contributed by atoms with Crippen LogP contribution in [0, 0.1) is 5.41 Å². The average Bonchev–Trinajstić information content (AvgIpc) is 2.66. The van der Waals surface area contributed by atoms with E-state index in [2.05, 4.69) is 55.6 Å². The Hall–Kier alpha value is -2.58. The number of fused-ring (bicyclic) bond motifs is 4. The molecule has 0 saturated carbocycles. The second kappa shape index (κ2) is 6.22. The molecule has 1 heterocycles. The number of benzene rings is 3. The molecule has 2 aliphatic rings. The van der Waals surface area contributed by atoms with Crippen molar-refractivity contribution in [1.82, 2.24) is 0 Å². The fourth-order valence-corrected chi connectivity index (χ4v) is 4.84. The number of hydrogen-bond donors (Lipinski definition) is 1. The highest BCUT2D eigenvalue weighted by Crippen LogP contribution is 2.51. The summed E-state index contributed by atoms with van der Waals surface area (Å²) in [5.41, 5.74) is 5.46. The topological polar surface area (TPSA) is 29.1 Å². The van der Waals surface area contributed by atoms with Gasteiger partial charge in [-0.25, -0.2) is 0 Å². The third-order valence-corrected chi connectivity index (χ3v) is 6.21. The van der Waals surface area contributed by atoms with Gasteiger partial charge in [-0.1, -0.05) is 74.0 Å². The maximum absolute atomic E-state index is 13.2. The van der Waals surface area contributed by atoms with E-state index in [0.717, 1.165) is 23.2 Å². The number of hydrogen-bond acceptors (Lipinski definition) is 2. The molecule has 1 aliphatic heterocycles. The number of halogens is 1. The Morgan fingerprint density at radius 2 is 1.71 bits per heavy atom. The summed E-state index contributed by atoms with van der Waals surface area (Å²) >= 11 is 6.11. The zero-order valence-electron chi connectivity index (χ0n) is 16.1. The number of anilines is 1. The van der Waals surface area contributed by atoms with Crippen molar-refractivity contribution < 1.29 is 4.79 Å². The number of nitrogens with one attached hydrogen (secondary N) is 1. The smallest absolute Gasteiger partial charge is 0.162 e. The highest BCUT2D eigenvalue weighted by Gasteiger charge is 2.40. The van der Waals surface area contributed by atoms with Gasteiger partial charge in [-0.3, -0.25) is 4.79 Å². The van der Waals surface area contributed by atoms with Crippen molar-refractivity contribution in [1.29, 1.82) is 0 Å². The molecule has 1 unspecified atom stereocenters. The van der Waals surface area contributed by atoms with Crippen LogP contribution in [0.15, 0.2) is 66.2 Å². The largest absolute Gasteiger partial charge is 0.373 e. The van der Waals surface area contributed by atoms with E-state index in [1.165, 1.54) is 21.9 Å². The van der Waals surface area contributed by atoms with Crippen molar-refractivity contribution in [3.8, 4) is 0 Å². The predicted octanol–water partition coefficient (Wildman–Crippen LogP) is 6.80. The first-order valence-corrected chi connectivity index (χ1v) is 10.1. The molecule has 3 aromatic rings. The van der Waals surface area contributed by atoms with Gasteiger partial charge in [0.25, 0.3) is 0 Å². The Morgan fingerprint density at radius 1 is 0.964 bits per heavy atom. The predicted molar refractivity (Wildman–Crippen MR) is 117 cm³/mol. The van der Waals surface area contributed by atoms with Crippen LogP contribution in [0.1, 0.15) is 43.9 Å². The number of carbonyl (C=O) groups excluding carboxylic acids is 1. The lowest BCUT2D eigenvalue weighted by Gasteiger charge is -2.40. The molecule has 3 heteroatoms. The molecule has 1 atom stereocenters. The first kappa shape index (κ1) is 17.5. The molecule has 2 nitrogen and oxygen atoms in total. The van der Waals surface area contributed by atoms with E-state index < -0.39 is 0 Å². The summed E-state index contributed by atoms with van der Waals surface area (Å²) in [7, 11) is 0. The van der Waals surface area contributed by atoms with Gasteiger partial charge < -0.3 is 5.32 Å². The van der Waals surface area contributed by atoms with Gasteiger partial charge in [-0.2, -0.15) is 0 Å². The number of allylic oxidation sites excluding steroid dienone is 1. The van der Waals surface area contributed by atoms with Crippen LogP contribution in [0.25, 0.3) is 16.3 Å². The first-order valence-electron chi connectivity index (χ1n) is 9.73. The van der Waals surface area contributed by atoms with E-state index in [-0.39, 0.29) is 17.2 Å². The minimum absolute atomic E-state index is 0.0271. The van der Waals surface area contributed by atoms with Gasteiger partial charge in [0.05, 0.1) is 11.7 Å². The lowest BCUT2D eigenvalue weighted by atomic mass is 9.68. The molecule has 1 aliphatic carbocycles. The Kier molecular flexibility index (Phi) is 3.89. The molecular formula is C25H22ClNO. The maximum Gasteiger partial charge on any atom is 0.162 e. The van der Waals surface area contributed by atoms with Gasteiger partial charge in [0, 0.05) is 28.0 Å². The molecule has 0 spiro atoms. The standard InChI is InChI=1S/C25H22ClNO/c1-25(2)13-20-19-12-9-15-5-3-4-6-18(15)24(19)27-23(22(20)21(28)14-25)16-7-10-17(26)11-8-16/h3-12,23,27H,13-14H2,1-2H3. The molecule has 0 aromatic heterocycles. The van der Waals surface area contributed by atoms with Gasteiger partial charge in [-0.05, 0) is 40.5 Å². The molecule has 0 bridgehead atoms. The summed E-state index contributed by atoms with van der Waals surface area (Å²) < 4.78 is 0. The van der Waals surface area contributed by atoms with E-state index in [1.54, 1.807) is 0 Å². The highest BCUT2D eigenvalue weighted by atomic mass is 35.5. The summed E-state index contributed by atoms with van der Waals surface area (Å²) in [5.74, 6) is 0.248. The summed E-state index contributed by atoms with van der Waals surface area (Å²) in [6.45, 7) is 4.38. The summed E-state index contributed by atoms with van der Waals surface area (Å²) in [6, 6.07) is 20.4. The second-order valence-corrected chi connectivity index (χ2v) is 9.11. The first-order chi connectivity index (χ1) is 13.4. The van der Waals surface area contributed by atoms with Gasteiger partial charge in [-0.15, -0.1) is 0 Å². The molecule has 28 heavy (non-hydrogen) atoms. The number of ketones is 1. The minimum atomic E-state index is -0.144. The van der Waals surface area contributed by atoms with Crippen molar-refractivity contribution >= 4 is 39.4 Å². The van der Waals surface area contributed by atoms with Crippen LogP contribution in [0.5, 0.6) is 0 Å². The monoisotopic (exact) mass is 387 g/mol. The molecule has 0 saturated heterocycles. The fourth-order valence-electron chi connectivity index (χ4n) is 4.71. The Morgan fingerprint density at radius 3 is 2.50 bits per heavy atom. The second-order valence-electron chi connectivity index (χ2n) is 8.67. The zero-order chi connectivity index (χ0) is 19.5. The van der Waals surface area contributed by atoms with E-state index in [4.69, 9.17) is 11.6 Å². The minimum Gasteiger partial charge on any atom is -0.373 e. The molecule has 5 rings (SSSR count). The van der Waals surface area contributed by atoms with Crippen LogP contribution in [0.2, 0.25) is 5.02 Å². The average molecular weight is 388 g/mol. The highest BCUT2D eigenvalue weighted by molar-refractivity contribution is 6.30. The quantitative estimate of drug-likeness (QED) is 0.497. The van der Waals surface area contributed by atoms with E-state index in [0.29, 0.717) is 11.4 Å². The van der Waals surface area contributed by atoms with Crippen LogP contribution in [0.3, 0.4) is 0 Å². The normalized spacial score (nSPS) is 20.5. The lowest BCUT2D eigenvalue weighted by Crippen LogP contribution is -2.33. The Bertz CT molecular complexity index is 1140. The van der Waals surface area contributed by atoms with Gasteiger partial charge >= 0.3 is 0 Å². The van der Waals surface area contributed by atoms with Crippen LogP contribution >= 0.6 is 11.6 Å². The Labute approximate surface area is 170 Å². The summed E-state index contributed by atoms with van der Waals surface area (Å²) in [4.78, 5) is 13.2. The molecular weight excluding hydrogens is 366 g/mol. The molecule has 1 N–H and O–H groups in total. The van der Waals surface area contributed by atoms with Crippen molar-refractivity contribution in [3.05, 3.63) is 82.4 Å². The van der Waals surface area contributed by atoms with Gasteiger partial charge in [0.1, 0.15) is 0 Å².